The molecular weight excluding hydrogens is 490 g/mol. The van der Waals surface area contributed by atoms with Gasteiger partial charge < -0.3 is 10.1 Å². The van der Waals surface area contributed by atoms with Crippen molar-refractivity contribution in [2.45, 2.75) is 50.4 Å². The molecule has 4 rings (SSSR count). The maximum Gasteiger partial charge on any atom is 0.235 e. The molecule has 1 N–H and O–H groups in total. The molecule has 1 atom stereocenters. The number of halogens is 1. The van der Waals surface area contributed by atoms with Crippen LogP contribution in [-0.2, 0) is 24.2 Å². The van der Waals surface area contributed by atoms with E-state index < -0.39 is 0 Å². The summed E-state index contributed by atoms with van der Waals surface area (Å²) in [7, 11) is 0. The molecule has 1 amide bonds. The number of thioether (sulfide) groups is 1. The summed E-state index contributed by atoms with van der Waals surface area (Å²) in [6.07, 6.45) is 5.46. The molecule has 10 heteroatoms. The number of fused-ring (bicyclic) bond motifs is 1. The minimum Gasteiger partial charge on any atom is -0.483 e. The van der Waals surface area contributed by atoms with E-state index in [2.05, 4.69) is 28.2 Å². The number of carbonyl (C=O) groups excluding carboxylic acids is 1. The number of hydrogen-bond donors (Lipinski definition) is 1. The van der Waals surface area contributed by atoms with E-state index in [9.17, 15) is 10.1 Å². The first-order valence-corrected chi connectivity index (χ1v) is 13.1. The van der Waals surface area contributed by atoms with Gasteiger partial charge in [0.05, 0.1) is 11.3 Å². The average molecular weight is 514 g/mol. The SMILES string of the molecule is C=CCn1c(SCC(=O)Nc2sc3c(c2C#N)CCCC3)nnc1C(C)Oc1cccc(Cl)c1. The highest BCUT2D eigenvalue weighted by Gasteiger charge is 2.23. The van der Waals surface area contributed by atoms with Crippen molar-refractivity contribution in [3.8, 4) is 11.8 Å². The first kappa shape index (κ1) is 24.3. The number of allylic oxidation sites excluding steroid dienone is 1. The fraction of sp³-hybridized carbons (Fsp3) is 0.333. The molecule has 1 unspecified atom stereocenters. The molecule has 34 heavy (non-hydrogen) atoms. The van der Waals surface area contributed by atoms with Gasteiger partial charge >= 0.3 is 0 Å². The highest BCUT2D eigenvalue weighted by Crippen LogP contribution is 2.37. The Bertz CT molecular complexity index is 1250. The predicted octanol–water partition coefficient (Wildman–Crippen LogP) is 5.80. The van der Waals surface area contributed by atoms with E-state index in [-0.39, 0.29) is 17.8 Å². The van der Waals surface area contributed by atoms with Crippen LogP contribution in [0, 0.1) is 11.3 Å². The van der Waals surface area contributed by atoms with Crippen molar-refractivity contribution in [1.29, 1.82) is 5.26 Å². The second kappa shape index (κ2) is 11.1. The molecule has 0 bridgehead atoms. The Kier molecular flexibility index (Phi) is 7.93. The molecule has 0 radical (unpaired) electrons. The monoisotopic (exact) mass is 513 g/mol. The minimum atomic E-state index is -0.385. The van der Waals surface area contributed by atoms with Crippen molar-refractivity contribution in [3.63, 3.8) is 0 Å². The largest absolute Gasteiger partial charge is 0.483 e. The van der Waals surface area contributed by atoms with E-state index in [0.717, 1.165) is 31.2 Å². The third-order valence-corrected chi connectivity index (χ3v) is 7.81. The van der Waals surface area contributed by atoms with Gasteiger partial charge in [0, 0.05) is 16.4 Å². The van der Waals surface area contributed by atoms with Crippen LogP contribution >= 0.6 is 34.7 Å². The number of ether oxygens (including phenoxy) is 1. The van der Waals surface area contributed by atoms with Gasteiger partial charge in [-0.3, -0.25) is 9.36 Å². The van der Waals surface area contributed by atoms with Crippen LogP contribution in [0.2, 0.25) is 5.02 Å². The van der Waals surface area contributed by atoms with Gasteiger partial charge in [0.25, 0.3) is 0 Å². The van der Waals surface area contributed by atoms with Gasteiger partial charge in [0.1, 0.15) is 16.8 Å². The predicted molar refractivity (Wildman–Crippen MR) is 136 cm³/mol. The second-order valence-corrected chi connectivity index (χ2v) is 10.3. The van der Waals surface area contributed by atoms with Gasteiger partial charge in [-0.2, -0.15) is 5.26 Å². The molecule has 0 saturated heterocycles. The summed E-state index contributed by atoms with van der Waals surface area (Å²) in [5.74, 6) is 1.22. The number of nitriles is 1. The number of nitrogens with zero attached hydrogens (tertiary/aromatic N) is 4. The van der Waals surface area contributed by atoms with Crippen LogP contribution in [0.4, 0.5) is 5.00 Å². The van der Waals surface area contributed by atoms with Crippen molar-refractivity contribution < 1.29 is 9.53 Å². The smallest absolute Gasteiger partial charge is 0.235 e. The Balaban J connectivity index is 1.43. The number of thiophene rings is 1. The molecular formula is C24H24ClN5O2S2. The molecule has 0 saturated carbocycles. The van der Waals surface area contributed by atoms with Crippen molar-refractivity contribution in [2.24, 2.45) is 0 Å². The Labute approximate surface area is 211 Å². The van der Waals surface area contributed by atoms with E-state index in [1.54, 1.807) is 18.2 Å². The Morgan fingerprint density at radius 2 is 2.26 bits per heavy atom. The number of rotatable bonds is 9. The van der Waals surface area contributed by atoms with E-state index in [0.29, 0.717) is 38.9 Å². The number of hydrogen-bond acceptors (Lipinski definition) is 7. The highest BCUT2D eigenvalue weighted by atomic mass is 35.5. The molecule has 2 heterocycles. The van der Waals surface area contributed by atoms with Crippen LogP contribution in [0.25, 0.3) is 0 Å². The molecule has 0 aliphatic heterocycles. The van der Waals surface area contributed by atoms with E-state index in [4.69, 9.17) is 16.3 Å². The summed E-state index contributed by atoms with van der Waals surface area (Å²) < 4.78 is 7.87. The van der Waals surface area contributed by atoms with E-state index in [1.165, 1.54) is 28.0 Å². The first-order valence-electron chi connectivity index (χ1n) is 10.9. The fourth-order valence-corrected chi connectivity index (χ4v) is 6.06. The number of nitrogens with one attached hydrogen (secondary N) is 1. The fourth-order valence-electron chi connectivity index (χ4n) is 3.87. The number of amides is 1. The summed E-state index contributed by atoms with van der Waals surface area (Å²) in [6.45, 7) is 6.18. The normalized spacial score (nSPS) is 13.6. The van der Waals surface area contributed by atoms with Gasteiger partial charge in [0.2, 0.25) is 5.91 Å². The lowest BCUT2D eigenvalue weighted by Gasteiger charge is -2.15. The molecule has 3 aromatic rings. The molecule has 176 valence electrons. The zero-order valence-corrected chi connectivity index (χ0v) is 21.1. The summed E-state index contributed by atoms with van der Waals surface area (Å²) >= 11 is 8.86. The number of anilines is 1. The van der Waals surface area contributed by atoms with Gasteiger partial charge in [0.15, 0.2) is 17.1 Å². The number of carbonyl (C=O) groups is 1. The molecule has 1 aliphatic carbocycles. The van der Waals surface area contributed by atoms with Crippen molar-refractivity contribution in [2.75, 3.05) is 11.1 Å². The third-order valence-electron chi connectivity index (χ3n) is 5.40. The second-order valence-electron chi connectivity index (χ2n) is 7.82. The molecule has 0 fully saturated rings. The third kappa shape index (κ3) is 5.46. The maximum absolute atomic E-state index is 12.7. The van der Waals surface area contributed by atoms with Crippen LogP contribution in [0.1, 0.15) is 47.7 Å². The summed E-state index contributed by atoms with van der Waals surface area (Å²) in [4.78, 5) is 13.9. The van der Waals surface area contributed by atoms with Crippen LogP contribution < -0.4 is 10.1 Å². The molecule has 1 aliphatic rings. The Morgan fingerprint density at radius 3 is 3.03 bits per heavy atom. The summed E-state index contributed by atoms with van der Waals surface area (Å²) in [5.41, 5.74) is 1.72. The van der Waals surface area contributed by atoms with Crippen molar-refractivity contribution >= 4 is 45.6 Å². The first-order chi connectivity index (χ1) is 16.5. The van der Waals surface area contributed by atoms with Crippen LogP contribution in [-0.4, -0.2) is 26.4 Å². The van der Waals surface area contributed by atoms with Gasteiger partial charge in [-0.25, -0.2) is 0 Å². The quantitative estimate of drug-likeness (QED) is 0.287. The van der Waals surface area contributed by atoms with Crippen LogP contribution in [0.15, 0.2) is 42.1 Å². The topological polar surface area (TPSA) is 92.8 Å². The molecule has 2 aromatic heterocycles. The summed E-state index contributed by atoms with van der Waals surface area (Å²) in [6, 6.07) is 9.45. The van der Waals surface area contributed by atoms with E-state index >= 15 is 0 Å². The number of aryl methyl sites for hydroxylation is 1. The minimum absolute atomic E-state index is 0.145. The lowest BCUT2D eigenvalue weighted by molar-refractivity contribution is -0.113. The standard InChI is InChI=1S/C24H24ClN5O2S2/c1-3-11-30-22(15(2)32-17-8-6-7-16(25)12-17)28-29-24(30)33-14-21(31)27-23-19(13-26)18-9-4-5-10-20(18)34-23/h3,6-8,12,15H,1,4-5,9-11,14H2,2H3,(H,27,31). The molecule has 1 aromatic carbocycles. The Hall–Kier alpha value is -2.80. The lowest BCUT2D eigenvalue weighted by atomic mass is 9.96. The van der Waals surface area contributed by atoms with Gasteiger partial charge in [-0.15, -0.1) is 28.1 Å². The highest BCUT2D eigenvalue weighted by molar-refractivity contribution is 7.99. The van der Waals surface area contributed by atoms with Crippen molar-refractivity contribution in [3.05, 3.63) is 63.8 Å². The maximum atomic E-state index is 12.7. The Morgan fingerprint density at radius 1 is 1.44 bits per heavy atom. The van der Waals surface area contributed by atoms with Gasteiger partial charge in [-0.05, 0) is 56.4 Å². The zero-order valence-electron chi connectivity index (χ0n) is 18.7. The van der Waals surface area contributed by atoms with Crippen LogP contribution in [0.3, 0.4) is 0 Å². The molecule has 0 spiro atoms. The summed E-state index contributed by atoms with van der Waals surface area (Å²) in [5, 5.41) is 22.9. The van der Waals surface area contributed by atoms with Crippen LogP contribution in [0.5, 0.6) is 5.75 Å². The number of benzene rings is 1. The lowest BCUT2D eigenvalue weighted by Crippen LogP contribution is -2.15. The number of aromatic nitrogens is 3. The van der Waals surface area contributed by atoms with E-state index in [1.807, 2.05) is 23.6 Å². The zero-order chi connectivity index (χ0) is 24.1. The van der Waals surface area contributed by atoms with Crippen molar-refractivity contribution in [1.82, 2.24) is 14.8 Å². The molecule has 7 nitrogen and oxygen atoms in total. The van der Waals surface area contributed by atoms with Gasteiger partial charge in [-0.1, -0.05) is 35.5 Å². The average Bonchev–Trinajstić information content (AvgIpc) is 3.38.